The second-order valence-corrected chi connectivity index (χ2v) is 2.04. The zero-order chi connectivity index (χ0) is 11.2. The van der Waals surface area contributed by atoms with E-state index in [2.05, 4.69) is 14.7 Å². The summed E-state index contributed by atoms with van der Waals surface area (Å²) >= 11 is 0. The highest BCUT2D eigenvalue weighted by atomic mass is 19.4. The predicted molar refractivity (Wildman–Crippen MR) is 44.8 cm³/mol. The molecule has 0 aliphatic heterocycles. The lowest BCUT2D eigenvalue weighted by molar-refractivity contribution is -0.276. The van der Waals surface area contributed by atoms with Crippen molar-refractivity contribution in [3.63, 3.8) is 0 Å². The van der Waals surface area contributed by atoms with Gasteiger partial charge in [0.15, 0.2) is 0 Å². The fourth-order valence-corrected chi connectivity index (χ4v) is 0.552. The van der Waals surface area contributed by atoms with Crippen LogP contribution in [0.3, 0.4) is 0 Å². The van der Waals surface area contributed by atoms with Crippen molar-refractivity contribution in [2.45, 2.75) is 27.1 Å². The van der Waals surface area contributed by atoms with E-state index in [-0.39, 0.29) is 0 Å². The number of rotatable bonds is 1. The van der Waals surface area contributed by atoms with Gasteiger partial charge in [0.05, 0.1) is 18.1 Å². The molecule has 3 nitrogen and oxygen atoms in total. The van der Waals surface area contributed by atoms with Crippen molar-refractivity contribution in [2.75, 3.05) is 0 Å². The molecule has 1 aromatic rings. The van der Waals surface area contributed by atoms with E-state index in [4.69, 9.17) is 0 Å². The maximum atomic E-state index is 11.6. The van der Waals surface area contributed by atoms with Gasteiger partial charge < -0.3 is 4.74 Å². The Hall–Kier alpha value is -1.33. The van der Waals surface area contributed by atoms with E-state index in [1.807, 2.05) is 13.8 Å². The molecule has 0 aliphatic carbocycles. The molecule has 0 fully saturated rings. The number of nitrogens with zero attached hydrogens (tertiary/aromatic N) is 2. The first-order chi connectivity index (χ1) is 6.47. The average molecular weight is 208 g/mol. The number of hydrogen-bond acceptors (Lipinski definition) is 3. The summed E-state index contributed by atoms with van der Waals surface area (Å²) < 4.78 is 38.1. The number of aromatic nitrogens is 2. The van der Waals surface area contributed by atoms with Gasteiger partial charge in [-0.2, -0.15) is 0 Å². The van der Waals surface area contributed by atoms with Crippen LogP contribution in [0.4, 0.5) is 13.2 Å². The molecule has 1 aromatic heterocycles. The Bertz CT molecular complexity index is 258. The van der Waals surface area contributed by atoms with Crippen molar-refractivity contribution < 1.29 is 17.9 Å². The van der Waals surface area contributed by atoms with Crippen LogP contribution >= 0.6 is 0 Å². The molecule has 0 N–H and O–H groups in total. The van der Waals surface area contributed by atoms with Gasteiger partial charge in [0.2, 0.25) is 5.88 Å². The zero-order valence-electron chi connectivity index (χ0n) is 8.09. The lowest BCUT2D eigenvalue weighted by Gasteiger charge is -2.06. The van der Waals surface area contributed by atoms with E-state index in [0.717, 1.165) is 6.20 Å². The predicted octanol–water partition coefficient (Wildman–Crippen LogP) is 2.71. The molecule has 14 heavy (non-hydrogen) atoms. The second-order valence-electron chi connectivity index (χ2n) is 2.04. The van der Waals surface area contributed by atoms with E-state index in [0.29, 0.717) is 5.69 Å². The molecule has 0 spiro atoms. The maximum Gasteiger partial charge on any atom is 0.574 e. The normalized spacial score (nSPS) is 10.1. The maximum absolute atomic E-state index is 11.6. The van der Waals surface area contributed by atoms with Crippen LogP contribution in [0.2, 0.25) is 0 Å². The standard InChI is InChI=1S/C6H5F3N2O.C2H6/c1-4-2-11-5(3-10-4)12-6(7,8)9;1-2/h2-3H,1H3;1-2H3. The van der Waals surface area contributed by atoms with Crippen molar-refractivity contribution in [1.82, 2.24) is 9.97 Å². The Morgan fingerprint density at radius 3 is 2.07 bits per heavy atom. The van der Waals surface area contributed by atoms with Gasteiger partial charge in [-0.25, -0.2) is 4.98 Å². The Morgan fingerprint density at radius 2 is 1.71 bits per heavy atom. The fourth-order valence-electron chi connectivity index (χ4n) is 0.552. The monoisotopic (exact) mass is 208 g/mol. The first-order valence-corrected chi connectivity index (χ1v) is 4.02. The Morgan fingerprint density at radius 1 is 1.14 bits per heavy atom. The number of aryl methyl sites for hydroxylation is 1. The minimum absolute atomic E-state index is 0.532. The van der Waals surface area contributed by atoms with Crippen LogP contribution in [0.1, 0.15) is 19.5 Å². The van der Waals surface area contributed by atoms with Gasteiger partial charge in [-0.15, -0.1) is 13.2 Å². The van der Waals surface area contributed by atoms with Gasteiger partial charge in [0.25, 0.3) is 0 Å². The van der Waals surface area contributed by atoms with Crippen LogP contribution < -0.4 is 4.74 Å². The number of alkyl halides is 3. The molecule has 0 atom stereocenters. The van der Waals surface area contributed by atoms with E-state index < -0.39 is 12.2 Å². The summed E-state index contributed by atoms with van der Waals surface area (Å²) in [6.45, 7) is 5.62. The number of ether oxygens (including phenoxy) is 1. The largest absolute Gasteiger partial charge is 0.574 e. The summed E-state index contributed by atoms with van der Waals surface area (Å²) in [5.41, 5.74) is 0.532. The van der Waals surface area contributed by atoms with Crippen LogP contribution in [0.25, 0.3) is 0 Å². The van der Waals surface area contributed by atoms with Crippen molar-refractivity contribution in [2.24, 2.45) is 0 Å². The lowest BCUT2D eigenvalue weighted by Crippen LogP contribution is -2.18. The molecule has 0 amide bonds. The third kappa shape index (κ3) is 5.34. The van der Waals surface area contributed by atoms with Gasteiger partial charge in [0.1, 0.15) is 0 Å². The van der Waals surface area contributed by atoms with E-state index in [9.17, 15) is 13.2 Å². The molecule has 6 heteroatoms. The zero-order valence-corrected chi connectivity index (χ0v) is 8.09. The molecule has 0 radical (unpaired) electrons. The average Bonchev–Trinajstić information content (AvgIpc) is 2.10. The molecular formula is C8H11F3N2O. The van der Waals surface area contributed by atoms with Crippen LogP contribution in [0, 0.1) is 6.92 Å². The van der Waals surface area contributed by atoms with E-state index in [1.165, 1.54) is 6.20 Å². The molecule has 0 aromatic carbocycles. The van der Waals surface area contributed by atoms with Gasteiger partial charge >= 0.3 is 6.36 Å². The lowest BCUT2D eigenvalue weighted by atomic mass is 10.5. The summed E-state index contributed by atoms with van der Waals surface area (Å²) in [4.78, 5) is 6.93. The molecule has 80 valence electrons. The smallest absolute Gasteiger partial charge is 0.386 e. The molecule has 0 bridgehead atoms. The highest BCUT2D eigenvalue weighted by Crippen LogP contribution is 2.19. The molecule has 1 rings (SSSR count). The Balaban J connectivity index is 0.000000791. The number of hydrogen-bond donors (Lipinski definition) is 0. The van der Waals surface area contributed by atoms with Gasteiger partial charge in [-0.05, 0) is 6.92 Å². The first-order valence-electron chi connectivity index (χ1n) is 4.02. The highest BCUT2D eigenvalue weighted by molar-refractivity contribution is 5.05. The Kier molecular flexibility index (Phi) is 4.90. The van der Waals surface area contributed by atoms with Crippen LogP contribution in [-0.2, 0) is 0 Å². The molecule has 0 saturated heterocycles. The van der Waals surface area contributed by atoms with Crippen molar-refractivity contribution in [3.8, 4) is 5.88 Å². The Labute approximate surface area is 79.9 Å². The molecule has 0 saturated carbocycles. The number of halogens is 3. The van der Waals surface area contributed by atoms with Crippen LogP contribution in [0.15, 0.2) is 12.4 Å². The third-order valence-corrected chi connectivity index (χ3v) is 0.978. The molecule has 1 heterocycles. The SMILES string of the molecule is CC.Cc1cnc(OC(F)(F)F)cn1. The fraction of sp³-hybridized carbons (Fsp3) is 0.500. The van der Waals surface area contributed by atoms with Crippen molar-refractivity contribution in [1.29, 1.82) is 0 Å². The summed E-state index contributed by atoms with van der Waals surface area (Å²) in [6.07, 6.45) is -2.59. The van der Waals surface area contributed by atoms with Gasteiger partial charge in [0, 0.05) is 0 Å². The minimum Gasteiger partial charge on any atom is -0.386 e. The van der Waals surface area contributed by atoms with Crippen molar-refractivity contribution in [3.05, 3.63) is 18.1 Å². The third-order valence-electron chi connectivity index (χ3n) is 0.978. The topological polar surface area (TPSA) is 35.0 Å². The van der Waals surface area contributed by atoms with Crippen LogP contribution in [0.5, 0.6) is 5.88 Å². The molecule has 0 aliphatic rings. The summed E-state index contributed by atoms with van der Waals surface area (Å²) in [7, 11) is 0. The van der Waals surface area contributed by atoms with E-state index >= 15 is 0 Å². The summed E-state index contributed by atoms with van der Waals surface area (Å²) in [5.74, 6) is -0.548. The molecular weight excluding hydrogens is 197 g/mol. The molecule has 0 unspecified atom stereocenters. The quantitative estimate of drug-likeness (QED) is 0.711. The summed E-state index contributed by atoms with van der Waals surface area (Å²) in [5, 5.41) is 0. The second kappa shape index (κ2) is 5.41. The summed E-state index contributed by atoms with van der Waals surface area (Å²) in [6, 6.07) is 0. The minimum atomic E-state index is -4.70. The van der Waals surface area contributed by atoms with Crippen molar-refractivity contribution >= 4 is 0 Å². The first kappa shape index (κ1) is 12.7. The van der Waals surface area contributed by atoms with Gasteiger partial charge in [-0.1, -0.05) is 13.8 Å². The van der Waals surface area contributed by atoms with Gasteiger partial charge in [-0.3, -0.25) is 4.98 Å². The van der Waals surface area contributed by atoms with E-state index in [1.54, 1.807) is 6.92 Å². The van der Waals surface area contributed by atoms with Crippen LogP contribution in [-0.4, -0.2) is 16.3 Å². The highest BCUT2D eigenvalue weighted by Gasteiger charge is 2.31.